The SMILES string of the molecule is CNC(=O)[C@@H](Cc1ccccc1)N(Cc1ccc(F)cc1)C(=O)CN(c1ccc(Cl)cc1C)S(C)(=O)=O. The van der Waals surface area contributed by atoms with Crippen molar-refractivity contribution < 1.29 is 22.4 Å². The third-order valence-electron chi connectivity index (χ3n) is 5.89. The number of hydrogen-bond donors (Lipinski definition) is 1. The Morgan fingerprint density at radius 1 is 1.00 bits per heavy atom. The molecule has 1 atom stereocenters. The maximum absolute atomic E-state index is 13.8. The molecule has 0 radical (unpaired) electrons. The van der Waals surface area contributed by atoms with Crippen LogP contribution in [0.2, 0.25) is 5.02 Å². The number of halogens is 2. The van der Waals surface area contributed by atoms with Crippen LogP contribution >= 0.6 is 11.6 Å². The first-order valence-electron chi connectivity index (χ1n) is 11.5. The van der Waals surface area contributed by atoms with Crippen LogP contribution in [0.3, 0.4) is 0 Å². The molecule has 0 unspecified atom stereocenters. The third-order valence-corrected chi connectivity index (χ3v) is 7.25. The summed E-state index contributed by atoms with van der Waals surface area (Å²) in [5.74, 6) is -1.43. The maximum Gasteiger partial charge on any atom is 0.244 e. The molecular weight excluding hydrogens is 517 g/mol. The van der Waals surface area contributed by atoms with Crippen molar-refractivity contribution in [3.63, 3.8) is 0 Å². The quantitative estimate of drug-likeness (QED) is 0.418. The van der Waals surface area contributed by atoms with Crippen molar-refractivity contribution in [2.45, 2.75) is 25.9 Å². The molecular formula is C27H29ClFN3O4S. The van der Waals surface area contributed by atoms with Crippen molar-refractivity contribution in [2.24, 2.45) is 0 Å². The molecule has 0 saturated heterocycles. The van der Waals surface area contributed by atoms with Gasteiger partial charge in [0, 0.05) is 25.0 Å². The van der Waals surface area contributed by atoms with E-state index in [0.29, 0.717) is 21.8 Å². The zero-order chi connectivity index (χ0) is 27.2. The van der Waals surface area contributed by atoms with Gasteiger partial charge < -0.3 is 10.2 Å². The summed E-state index contributed by atoms with van der Waals surface area (Å²) in [5, 5.41) is 3.04. The van der Waals surface area contributed by atoms with E-state index in [4.69, 9.17) is 11.6 Å². The van der Waals surface area contributed by atoms with Crippen molar-refractivity contribution in [1.29, 1.82) is 0 Å². The lowest BCUT2D eigenvalue weighted by Gasteiger charge is -2.33. The molecule has 1 N–H and O–H groups in total. The van der Waals surface area contributed by atoms with Gasteiger partial charge in [0.1, 0.15) is 18.4 Å². The van der Waals surface area contributed by atoms with E-state index in [9.17, 15) is 22.4 Å². The molecule has 196 valence electrons. The molecule has 2 amide bonds. The molecule has 0 heterocycles. The Bertz CT molecular complexity index is 1350. The monoisotopic (exact) mass is 545 g/mol. The minimum absolute atomic E-state index is 0.0266. The molecule has 10 heteroatoms. The van der Waals surface area contributed by atoms with Crippen LogP contribution < -0.4 is 9.62 Å². The molecule has 0 fully saturated rings. The number of likely N-dealkylation sites (N-methyl/N-ethyl adjacent to an activating group) is 1. The van der Waals surface area contributed by atoms with Gasteiger partial charge in [-0.3, -0.25) is 13.9 Å². The Morgan fingerprint density at radius 3 is 2.22 bits per heavy atom. The molecule has 0 aliphatic carbocycles. The third kappa shape index (κ3) is 7.53. The van der Waals surface area contributed by atoms with Crippen LogP contribution in [0.25, 0.3) is 0 Å². The van der Waals surface area contributed by atoms with Crippen LogP contribution in [-0.2, 0) is 32.6 Å². The zero-order valence-electron chi connectivity index (χ0n) is 20.8. The van der Waals surface area contributed by atoms with Gasteiger partial charge in [-0.25, -0.2) is 12.8 Å². The standard InChI is InChI=1S/C27H29ClFN3O4S/c1-19-15-22(28)11-14-24(19)32(37(3,35)36)18-26(33)31(17-21-9-12-23(29)13-10-21)25(27(34)30-2)16-20-7-5-4-6-8-20/h4-15,25H,16-18H2,1-3H3,(H,30,34)/t25-/m1/s1. The number of aryl methyl sites for hydroxylation is 1. The van der Waals surface area contributed by atoms with Gasteiger partial charge in [0.15, 0.2) is 0 Å². The molecule has 3 rings (SSSR count). The Morgan fingerprint density at radius 2 is 1.65 bits per heavy atom. The largest absolute Gasteiger partial charge is 0.357 e. The number of benzene rings is 3. The fourth-order valence-corrected chi connectivity index (χ4v) is 5.13. The first-order valence-corrected chi connectivity index (χ1v) is 13.8. The number of rotatable bonds is 10. The number of carbonyl (C=O) groups is 2. The number of nitrogens with zero attached hydrogens (tertiary/aromatic N) is 2. The molecule has 0 aliphatic rings. The molecule has 3 aromatic carbocycles. The van der Waals surface area contributed by atoms with Gasteiger partial charge in [0.25, 0.3) is 0 Å². The number of amides is 2. The van der Waals surface area contributed by atoms with Crippen LogP contribution in [0.1, 0.15) is 16.7 Å². The summed E-state index contributed by atoms with van der Waals surface area (Å²) in [5.41, 5.74) is 2.29. The lowest BCUT2D eigenvalue weighted by atomic mass is 10.0. The second-order valence-electron chi connectivity index (χ2n) is 8.67. The predicted molar refractivity (Wildman–Crippen MR) is 143 cm³/mol. The molecule has 0 aromatic heterocycles. The second kappa shape index (κ2) is 12.2. The van der Waals surface area contributed by atoms with E-state index in [1.165, 1.54) is 42.3 Å². The molecule has 0 bridgehead atoms. The lowest BCUT2D eigenvalue weighted by molar-refractivity contribution is -0.139. The van der Waals surface area contributed by atoms with Crippen molar-refractivity contribution in [2.75, 3.05) is 24.2 Å². The summed E-state index contributed by atoms with van der Waals surface area (Å²) >= 11 is 6.05. The molecule has 7 nitrogen and oxygen atoms in total. The molecule has 0 aliphatic heterocycles. The Labute approximate surface area is 221 Å². The summed E-state index contributed by atoms with van der Waals surface area (Å²) in [6.07, 6.45) is 1.21. The fraction of sp³-hybridized carbons (Fsp3) is 0.259. The lowest BCUT2D eigenvalue weighted by Crippen LogP contribution is -2.53. The summed E-state index contributed by atoms with van der Waals surface area (Å²) in [6, 6.07) is 18.5. The van der Waals surface area contributed by atoms with Gasteiger partial charge in [0.2, 0.25) is 21.8 Å². The summed E-state index contributed by atoms with van der Waals surface area (Å²) < 4.78 is 40.1. The van der Waals surface area contributed by atoms with Gasteiger partial charge in [-0.15, -0.1) is 0 Å². The highest BCUT2D eigenvalue weighted by Crippen LogP contribution is 2.26. The zero-order valence-corrected chi connectivity index (χ0v) is 22.4. The average molecular weight is 546 g/mol. The van der Waals surface area contributed by atoms with Gasteiger partial charge in [-0.2, -0.15) is 0 Å². The summed E-state index contributed by atoms with van der Waals surface area (Å²) in [7, 11) is -2.41. The highest BCUT2D eigenvalue weighted by molar-refractivity contribution is 7.92. The normalized spacial score (nSPS) is 12.0. The van der Waals surface area contributed by atoms with Gasteiger partial charge in [-0.05, 0) is 53.9 Å². The highest BCUT2D eigenvalue weighted by Gasteiger charge is 2.33. The van der Waals surface area contributed by atoms with Crippen LogP contribution in [0, 0.1) is 12.7 Å². The Kier molecular flexibility index (Phi) is 9.29. The van der Waals surface area contributed by atoms with E-state index < -0.39 is 40.2 Å². The number of carbonyl (C=O) groups excluding carboxylic acids is 2. The van der Waals surface area contributed by atoms with Gasteiger partial charge in [-0.1, -0.05) is 54.1 Å². The van der Waals surface area contributed by atoms with Crippen molar-refractivity contribution in [3.8, 4) is 0 Å². The van der Waals surface area contributed by atoms with E-state index in [1.54, 1.807) is 19.1 Å². The smallest absolute Gasteiger partial charge is 0.244 e. The van der Waals surface area contributed by atoms with Crippen molar-refractivity contribution >= 4 is 39.1 Å². The summed E-state index contributed by atoms with van der Waals surface area (Å²) in [6.45, 7) is 1.13. The van der Waals surface area contributed by atoms with Crippen molar-refractivity contribution in [3.05, 3.63) is 100 Å². The van der Waals surface area contributed by atoms with E-state index in [2.05, 4.69) is 5.32 Å². The fourth-order valence-electron chi connectivity index (χ4n) is 4.00. The number of sulfonamides is 1. The van der Waals surface area contributed by atoms with E-state index in [0.717, 1.165) is 16.1 Å². The van der Waals surface area contributed by atoms with Crippen LogP contribution in [-0.4, -0.2) is 51.0 Å². The molecule has 0 spiro atoms. The van der Waals surface area contributed by atoms with Crippen molar-refractivity contribution in [1.82, 2.24) is 10.2 Å². The van der Waals surface area contributed by atoms with E-state index >= 15 is 0 Å². The van der Waals surface area contributed by atoms with Gasteiger partial charge >= 0.3 is 0 Å². The minimum atomic E-state index is -3.88. The number of anilines is 1. The predicted octanol–water partition coefficient (Wildman–Crippen LogP) is 3.94. The van der Waals surface area contributed by atoms with Crippen LogP contribution in [0.5, 0.6) is 0 Å². The molecule has 0 saturated carbocycles. The maximum atomic E-state index is 13.8. The van der Waals surface area contributed by atoms with Crippen LogP contribution in [0.4, 0.5) is 10.1 Å². The average Bonchev–Trinajstić information content (AvgIpc) is 2.85. The first kappa shape index (κ1) is 28.1. The summed E-state index contributed by atoms with van der Waals surface area (Å²) in [4.78, 5) is 28.2. The number of nitrogens with one attached hydrogen (secondary N) is 1. The Hall–Kier alpha value is -3.43. The van der Waals surface area contributed by atoms with Crippen LogP contribution in [0.15, 0.2) is 72.8 Å². The highest BCUT2D eigenvalue weighted by atomic mass is 35.5. The Balaban J connectivity index is 2.04. The van der Waals surface area contributed by atoms with Gasteiger partial charge in [0.05, 0.1) is 11.9 Å². The molecule has 37 heavy (non-hydrogen) atoms. The minimum Gasteiger partial charge on any atom is -0.357 e. The molecule has 3 aromatic rings. The topological polar surface area (TPSA) is 86.8 Å². The van der Waals surface area contributed by atoms with E-state index in [1.807, 2.05) is 30.3 Å². The second-order valence-corrected chi connectivity index (χ2v) is 11.0. The first-order chi connectivity index (χ1) is 17.5. The number of hydrogen-bond acceptors (Lipinski definition) is 4. The van der Waals surface area contributed by atoms with E-state index in [-0.39, 0.29) is 13.0 Å².